The lowest BCUT2D eigenvalue weighted by Crippen LogP contribution is -2.48. The van der Waals surface area contributed by atoms with E-state index in [2.05, 4.69) is 4.74 Å². The van der Waals surface area contributed by atoms with E-state index in [1.807, 2.05) is 0 Å². The number of allylic oxidation sites excluding steroid dienone is 2. The molecule has 106 valence electrons. The van der Waals surface area contributed by atoms with Gasteiger partial charge in [0.1, 0.15) is 11.3 Å². The van der Waals surface area contributed by atoms with Gasteiger partial charge in [-0.05, 0) is 19.8 Å². The molecule has 0 aliphatic heterocycles. The number of carbonyl (C=O) groups is 5. The highest BCUT2D eigenvalue weighted by atomic mass is 16.5. The molecular formula is C13H12O7. The molecule has 0 bridgehead atoms. The Bertz CT molecular complexity index is 565. The third-order valence-electron chi connectivity index (χ3n) is 3.17. The highest BCUT2D eigenvalue weighted by Crippen LogP contribution is 2.38. The van der Waals surface area contributed by atoms with Gasteiger partial charge in [0.2, 0.25) is 11.6 Å². The van der Waals surface area contributed by atoms with Gasteiger partial charge in [-0.2, -0.15) is 0 Å². The van der Waals surface area contributed by atoms with Crippen LogP contribution < -0.4 is 0 Å². The highest BCUT2D eigenvalue weighted by Gasteiger charge is 2.52. The van der Waals surface area contributed by atoms with E-state index in [1.54, 1.807) is 0 Å². The van der Waals surface area contributed by atoms with Crippen molar-refractivity contribution in [3.8, 4) is 0 Å². The molecule has 0 aromatic rings. The maximum atomic E-state index is 12.1. The lowest BCUT2D eigenvalue weighted by Gasteiger charge is -2.19. The molecule has 0 radical (unpaired) electrons. The second kappa shape index (κ2) is 4.99. The summed E-state index contributed by atoms with van der Waals surface area (Å²) in [4.78, 5) is 58.5. The Hall–Kier alpha value is -2.31. The van der Waals surface area contributed by atoms with Crippen LogP contribution in [0.25, 0.3) is 0 Å². The number of ketones is 4. The van der Waals surface area contributed by atoms with E-state index < -0.39 is 46.4 Å². The number of carbonyl (C=O) groups excluding carboxylic acids is 5. The van der Waals surface area contributed by atoms with Crippen LogP contribution in [-0.4, -0.2) is 40.8 Å². The summed E-state index contributed by atoms with van der Waals surface area (Å²) in [5, 5.41) is 9.81. The van der Waals surface area contributed by atoms with Crippen molar-refractivity contribution in [2.24, 2.45) is 11.8 Å². The number of Topliss-reactive ketones (excluding diaryl/α,β-unsaturated/α-hetero) is 4. The molecule has 2 rings (SSSR count). The van der Waals surface area contributed by atoms with E-state index in [1.165, 1.54) is 6.92 Å². The number of esters is 1. The summed E-state index contributed by atoms with van der Waals surface area (Å²) in [6.07, 6.45) is 1.17. The zero-order valence-corrected chi connectivity index (χ0v) is 10.7. The third-order valence-corrected chi connectivity index (χ3v) is 3.17. The maximum Gasteiger partial charge on any atom is 0.325 e. The monoisotopic (exact) mass is 280 g/mol. The lowest BCUT2D eigenvalue weighted by molar-refractivity contribution is -0.159. The van der Waals surface area contributed by atoms with E-state index in [9.17, 15) is 29.1 Å². The van der Waals surface area contributed by atoms with Gasteiger partial charge in [0, 0.05) is 5.92 Å². The van der Waals surface area contributed by atoms with E-state index >= 15 is 0 Å². The van der Waals surface area contributed by atoms with Gasteiger partial charge in [0.15, 0.2) is 11.7 Å². The Labute approximate surface area is 113 Å². The summed E-state index contributed by atoms with van der Waals surface area (Å²) in [7, 11) is 0. The molecule has 2 aliphatic carbocycles. The van der Waals surface area contributed by atoms with Crippen molar-refractivity contribution >= 4 is 29.1 Å². The topological polar surface area (TPSA) is 115 Å². The summed E-state index contributed by atoms with van der Waals surface area (Å²) in [5.41, 5.74) is -0.741. The fourth-order valence-corrected chi connectivity index (χ4v) is 1.97. The van der Waals surface area contributed by atoms with Gasteiger partial charge in [0.25, 0.3) is 5.78 Å². The molecule has 1 atom stereocenters. The third kappa shape index (κ3) is 2.15. The van der Waals surface area contributed by atoms with Crippen LogP contribution in [0.1, 0.15) is 19.8 Å². The van der Waals surface area contributed by atoms with Crippen molar-refractivity contribution in [3.63, 3.8) is 0 Å². The van der Waals surface area contributed by atoms with E-state index in [-0.39, 0.29) is 12.5 Å². The standard InChI is InChI=1S/C13H12O7/c1-2-20-13(19)7-9(15)6(8(14)5-3-4-5)10(16)12(18)11(7)17/h5,7,14H,2-4H2,1H3. The Morgan fingerprint density at radius 3 is 2.25 bits per heavy atom. The van der Waals surface area contributed by atoms with Crippen molar-refractivity contribution in [2.45, 2.75) is 19.8 Å². The van der Waals surface area contributed by atoms with Gasteiger partial charge >= 0.3 is 5.97 Å². The lowest BCUT2D eigenvalue weighted by atomic mass is 9.80. The van der Waals surface area contributed by atoms with E-state index in [4.69, 9.17) is 0 Å². The molecule has 20 heavy (non-hydrogen) atoms. The molecule has 0 aromatic carbocycles. The predicted molar refractivity (Wildman–Crippen MR) is 62.5 cm³/mol. The quantitative estimate of drug-likeness (QED) is 0.188. The van der Waals surface area contributed by atoms with Crippen LogP contribution in [0.4, 0.5) is 0 Å². The predicted octanol–water partition coefficient (Wildman–Crippen LogP) is -0.322. The Morgan fingerprint density at radius 1 is 1.15 bits per heavy atom. The fraction of sp³-hybridized carbons (Fsp3) is 0.462. The van der Waals surface area contributed by atoms with E-state index in [0.29, 0.717) is 12.8 Å². The largest absolute Gasteiger partial charge is 0.511 e. The second-order valence-electron chi connectivity index (χ2n) is 4.61. The number of aliphatic hydroxyl groups excluding tert-OH is 1. The first-order valence-electron chi connectivity index (χ1n) is 6.17. The zero-order valence-electron chi connectivity index (χ0n) is 10.7. The summed E-state index contributed by atoms with van der Waals surface area (Å²) in [5.74, 6) is -9.37. The zero-order chi connectivity index (χ0) is 15.0. The van der Waals surface area contributed by atoms with Crippen LogP contribution in [0, 0.1) is 11.8 Å². The minimum Gasteiger partial charge on any atom is -0.511 e. The summed E-state index contributed by atoms with van der Waals surface area (Å²) in [6.45, 7) is 1.40. The van der Waals surface area contributed by atoms with Gasteiger partial charge in [-0.1, -0.05) is 0 Å². The molecule has 1 N–H and O–H groups in total. The first-order chi connectivity index (χ1) is 9.40. The molecule has 2 aliphatic rings. The van der Waals surface area contributed by atoms with Crippen LogP contribution in [0.2, 0.25) is 0 Å². The van der Waals surface area contributed by atoms with Crippen LogP contribution in [-0.2, 0) is 28.7 Å². The number of ether oxygens (including phenoxy) is 1. The van der Waals surface area contributed by atoms with Crippen LogP contribution in [0.15, 0.2) is 11.3 Å². The molecule has 0 saturated heterocycles. The molecule has 0 spiro atoms. The summed E-state index contributed by atoms with van der Waals surface area (Å²) < 4.78 is 4.56. The summed E-state index contributed by atoms with van der Waals surface area (Å²) >= 11 is 0. The summed E-state index contributed by atoms with van der Waals surface area (Å²) in [6, 6.07) is 0. The van der Waals surface area contributed by atoms with Crippen molar-refractivity contribution in [1.82, 2.24) is 0 Å². The Balaban J connectivity index is 2.45. The molecule has 2 fully saturated rings. The SMILES string of the molecule is CCOC(=O)C1C(=O)C(=O)C(=O)C(=C(O)C2CC2)C1=O. The van der Waals surface area contributed by atoms with Crippen molar-refractivity contribution in [3.05, 3.63) is 11.3 Å². The minimum absolute atomic E-state index is 0.0777. The first kappa shape index (κ1) is 14.1. The molecule has 7 nitrogen and oxygen atoms in total. The smallest absolute Gasteiger partial charge is 0.325 e. The van der Waals surface area contributed by atoms with Crippen molar-refractivity contribution in [2.75, 3.05) is 6.61 Å². The molecule has 7 heteroatoms. The molecule has 0 heterocycles. The van der Waals surface area contributed by atoms with Gasteiger partial charge in [0.05, 0.1) is 6.61 Å². The average Bonchev–Trinajstić information content (AvgIpc) is 3.21. The van der Waals surface area contributed by atoms with Gasteiger partial charge in [-0.15, -0.1) is 0 Å². The first-order valence-corrected chi connectivity index (χ1v) is 6.17. The molecule has 0 aromatic heterocycles. The average molecular weight is 280 g/mol. The van der Waals surface area contributed by atoms with Crippen LogP contribution >= 0.6 is 0 Å². The number of aliphatic hydroxyl groups is 1. The highest BCUT2D eigenvalue weighted by molar-refractivity contribution is 6.75. The molecular weight excluding hydrogens is 268 g/mol. The molecule has 2 saturated carbocycles. The number of hydrogen-bond acceptors (Lipinski definition) is 7. The van der Waals surface area contributed by atoms with Crippen molar-refractivity contribution in [1.29, 1.82) is 0 Å². The van der Waals surface area contributed by atoms with Crippen LogP contribution in [0.3, 0.4) is 0 Å². The fourth-order valence-electron chi connectivity index (χ4n) is 1.97. The van der Waals surface area contributed by atoms with E-state index in [0.717, 1.165) is 0 Å². The second-order valence-corrected chi connectivity index (χ2v) is 4.61. The Morgan fingerprint density at radius 2 is 1.75 bits per heavy atom. The Kier molecular flexibility index (Phi) is 3.52. The number of rotatable bonds is 3. The van der Waals surface area contributed by atoms with Crippen LogP contribution in [0.5, 0.6) is 0 Å². The van der Waals surface area contributed by atoms with Gasteiger partial charge in [-0.25, -0.2) is 0 Å². The van der Waals surface area contributed by atoms with Crippen molar-refractivity contribution < 1.29 is 33.8 Å². The van der Waals surface area contributed by atoms with Gasteiger partial charge < -0.3 is 9.84 Å². The molecule has 1 unspecified atom stereocenters. The number of hydrogen-bond donors (Lipinski definition) is 1. The maximum absolute atomic E-state index is 12.1. The molecule has 0 amide bonds. The van der Waals surface area contributed by atoms with Gasteiger partial charge in [-0.3, -0.25) is 24.0 Å². The normalized spacial score (nSPS) is 25.8. The minimum atomic E-state index is -1.98.